The molecular formula is C16H20N2O7. The largest absolute Gasteiger partial charge is 0.479 e. The number of benzene rings is 1. The molecule has 0 spiro atoms. The number of aliphatic carboxylic acids is 1. The number of nitrogens with one attached hydrogen (secondary N) is 1. The number of aromatic nitrogens is 1. The maximum absolute atomic E-state index is 11.1. The third-order valence-electron chi connectivity index (χ3n) is 4.22. The van der Waals surface area contributed by atoms with Crippen LogP contribution >= 0.6 is 0 Å². The molecule has 1 aromatic carbocycles. The second-order valence-electron chi connectivity index (χ2n) is 5.91. The zero-order valence-electron chi connectivity index (χ0n) is 13.2. The number of carbonyl (C=O) groups is 1. The topological polar surface area (TPSA) is 158 Å². The number of carboxylic acids is 1. The van der Waals surface area contributed by atoms with Crippen molar-refractivity contribution in [3.63, 3.8) is 0 Å². The van der Waals surface area contributed by atoms with Crippen LogP contribution in [0, 0.1) is 0 Å². The Morgan fingerprint density at radius 3 is 2.68 bits per heavy atom. The SMILES string of the molecule is NCCc1c[nH]c2ccc(OC3OC(C(=O)O)C(O)C(O)C3O)cc12. The summed E-state index contributed by atoms with van der Waals surface area (Å²) in [5.74, 6) is -1.14. The zero-order valence-corrected chi connectivity index (χ0v) is 13.2. The van der Waals surface area contributed by atoms with Gasteiger partial charge in [0.2, 0.25) is 6.29 Å². The number of aromatic amines is 1. The lowest BCUT2D eigenvalue weighted by atomic mass is 9.99. The standard InChI is InChI=1S/C16H20N2O7/c17-4-3-7-6-18-10-2-1-8(5-9(7)10)24-16-13(21)11(19)12(20)14(25-16)15(22)23/h1-2,5-6,11-14,16,18-21H,3-4,17H2,(H,22,23). The summed E-state index contributed by atoms with van der Waals surface area (Å²) in [6.07, 6.45) is -5.69. The van der Waals surface area contributed by atoms with E-state index in [9.17, 15) is 20.1 Å². The van der Waals surface area contributed by atoms with Crippen molar-refractivity contribution in [1.29, 1.82) is 0 Å². The van der Waals surface area contributed by atoms with Gasteiger partial charge in [-0.25, -0.2) is 4.79 Å². The number of aliphatic hydroxyl groups is 3. The molecule has 1 saturated heterocycles. The molecule has 3 rings (SSSR count). The van der Waals surface area contributed by atoms with Crippen molar-refractivity contribution < 1.29 is 34.7 Å². The highest BCUT2D eigenvalue weighted by atomic mass is 16.7. The number of nitrogens with two attached hydrogens (primary N) is 1. The predicted octanol–water partition coefficient (Wildman–Crippen LogP) is -1.06. The van der Waals surface area contributed by atoms with Gasteiger partial charge in [0.05, 0.1) is 0 Å². The number of rotatable bonds is 5. The van der Waals surface area contributed by atoms with E-state index >= 15 is 0 Å². The third kappa shape index (κ3) is 3.32. The summed E-state index contributed by atoms with van der Waals surface area (Å²) in [7, 11) is 0. The summed E-state index contributed by atoms with van der Waals surface area (Å²) < 4.78 is 10.6. The van der Waals surface area contributed by atoms with Gasteiger partial charge in [-0.1, -0.05) is 0 Å². The molecule has 0 bridgehead atoms. The van der Waals surface area contributed by atoms with Crippen LogP contribution in [0.5, 0.6) is 5.75 Å². The minimum absolute atomic E-state index is 0.321. The van der Waals surface area contributed by atoms with Gasteiger partial charge in [0.1, 0.15) is 24.1 Å². The summed E-state index contributed by atoms with van der Waals surface area (Å²) in [6, 6.07) is 5.09. The molecule has 9 heteroatoms. The van der Waals surface area contributed by atoms with E-state index in [1.165, 1.54) is 0 Å². The number of hydrogen-bond donors (Lipinski definition) is 6. The molecular weight excluding hydrogens is 332 g/mol. The van der Waals surface area contributed by atoms with Crippen LogP contribution < -0.4 is 10.5 Å². The number of fused-ring (bicyclic) bond motifs is 1. The predicted molar refractivity (Wildman–Crippen MR) is 86.0 cm³/mol. The highest BCUT2D eigenvalue weighted by Crippen LogP contribution is 2.28. The van der Waals surface area contributed by atoms with E-state index in [2.05, 4.69) is 4.98 Å². The van der Waals surface area contributed by atoms with Crippen molar-refractivity contribution in [2.75, 3.05) is 6.54 Å². The molecule has 5 unspecified atom stereocenters. The summed E-state index contributed by atoms with van der Waals surface area (Å²) in [6.45, 7) is 0.479. The minimum atomic E-state index is -1.75. The quantitative estimate of drug-likeness (QED) is 0.397. The van der Waals surface area contributed by atoms with E-state index in [1.54, 1.807) is 18.2 Å². The normalized spacial score (nSPS) is 29.7. The highest BCUT2D eigenvalue weighted by molar-refractivity contribution is 5.84. The molecule has 1 aromatic heterocycles. The van der Waals surface area contributed by atoms with Gasteiger partial charge in [0.15, 0.2) is 6.10 Å². The van der Waals surface area contributed by atoms with Crippen molar-refractivity contribution in [3.05, 3.63) is 30.0 Å². The van der Waals surface area contributed by atoms with E-state index < -0.39 is 36.7 Å². The lowest BCUT2D eigenvalue weighted by molar-refractivity contribution is -0.271. The van der Waals surface area contributed by atoms with E-state index in [0.717, 1.165) is 16.5 Å². The first kappa shape index (κ1) is 17.6. The molecule has 7 N–H and O–H groups in total. The fourth-order valence-corrected chi connectivity index (χ4v) is 2.88. The molecule has 0 radical (unpaired) electrons. The number of carboxylic acid groups (broad SMARTS) is 1. The molecule has 0 amide bonds. The molecule has 2 aromatic rings. The van der Waals surface area contributed by atoms with Gasteiger partial charge in [-0.3, -0.25) is 0 Å². The highest BCUT2D eigenvalue weighted by Gasteiger charge is 2.48. The molecule has 2 heterocycles. The van der Waals surface area contributed by atoms with Gasteiger partial charge in [0, 0.05) is 17.1 Å². The van der Waals surface area contributed by atoms with Gasteiger partial charge < -0.3 is 40.6 Å². The van der Waals surface area contributed by atoms with Crippen LogP contribution in [0.3, 0.4) is 0 Å². The monoisotopic (exact) mass is 352 g/mol. The number of H-pyrrole nitrogens is 1. The van der Waals surface area contributed by atoms with Gasteiger partial charge in [0.25, 0.3) is 0 Å². The van der Waals surface area contributed by atoms with Crippen LogP contribution in [-0.2, 0) is 16.0 Å². The maximum Gasteiger partial charge on any atom is 0.335 e. The Morgan fingerprint density at radius 1 is 1.24 bits per heavy atom. The molecule has 0 aliphatic carbocycles. The number of aliphatic hydroxyl groups excluding tert-OH is 3. The lowest BCUT2D eigenvalue weighted by Crippen LogP contribution is -2.61. The zero-order chi connectivity index (χ0) is 18.1. The van der Waals surface area contributed by atoms with Gasteiger partial charge in [-0.2, -0.15) is 0 Å². The van der Waals surface area contributed by atoms with E-state index in [-0.39, 0.29) is 0 Å². The molecule has 9 nitrogen and oxygen atoms in total. The number of hydrogen-bond acceptors (Lipinski definition) is 7. The van der Waals surface area contributed by atoms with Crippen LogP contribution in [-0.4, -0.2) is 68.6 Å². The molecule has 1 aliphatic rings. The average molecular weight is 352 g/mol. The van der Waals surface area contributed by atoms with E-state index in [4.69, 9.17) is 20.3 Å². The second-order valence-corrected chi connectivity index (χ2v) is 5.91. The Bertz CT molecular complexity index is 762. The summed E-state index contributed by atoms with van der Waals surface area (Å²) in [4.78, 5) is 14.2. The molecule has 0 saturated carbocycles. The minimum Gasteiger partial charge on any atom is -0.479 e. The van der Waals surface area contributed by atoms with Crippen molar-refractivity contribution in [3.8, 4) is 5.75 Å². The first-order chi connectivity index (χ1) is 11.9. The average Bonchev–Trinajstić information content (AvgIpc) is 2.98. The Hall–Kier alpha value is -2.17. The molecule has 1 fully saturated rings. The van der Waals surface area contributed by atoms with Crippen molar-refractivity contribution >= 4 is 16.9 Å². The Balaban J connectivity index is 1.84. The molecule has 136 valence electrons. The maximum atomic E-state index is 11.1. The molecule has 25 heavy (non-hydrogen) atoms. The first-order valence-electron chi connectivity index (χ1n) is 7.81. The van der Waals surface area contributed by atoms with E-state index in [0.29, 0.717) is 18.7 Å². The van der Waals surface area contributed by atoms with Crippen LogP contribution in [0.1, 0.15) is 5.56 Å². The van der Waals surface area contributed by atoms with Crippen molar-refractivity contribution in [1.82, 2.24) is 4.98 Å². The Kier molecular flexibility index (Phi) is 4.93. The summed E-state index contributed by atoms with van der Waals surface area (Å²) >= 11 is 0. The van der Waals surface area contributed by atoms with Crippen LogP contribution in [0.2, 0.25) is 0 Å². The van der Waals surface area contributed by atoms with Crippen LogP contribution in [0.4, 0.5) is 0 Å². The van der Waals surface area contributed by atoms with Crippen LogP contribution in [0.15, 0.2) is 24.4 Å². The Labute approximate surface area is 142 Å². The van der Waals surface area contributed by atoms with Crippen LogP contribution in [0.25, 0.3) is 10.9 Å². The molecule has 1 aliphatic heterocycles. The summed E-state index contributed by atoms with van der Waals surface area (Å²) in [5.41, 5.74) is 7.45. The van der Waals surface area contributed by atoms with E-state index in [1.807, 2.05) is 6.20 Å². The van der Waals surface area contributed by atoms with Gasteiger partial charge >= 0.3 is 5.97 Å². The molecule has 5 atom stereocenters. The third-order valence-corrected chi connectivity index (χ3v) is 4.22. The van der Waals surface area contributed by atoms with Gasteiger partial charge in [-0.05, 0) is 36.7 Å². The lowest BCUT2D eigenvalue weighted by Gasteiger charge is -2.38. The first-order valence-corrected chi connectivity index (χ1v) is 7.81. The number of ether oxygens (including phenoxy) is 2. The van der Waals surface area contributed by atoms with Gasteiger partial charge in [-0.15, -0.1) is 0 Å². The second kappa shape index (κ2) is 6.98. The van der Waals surface area contributed by atoms with Crippen molar-refractivity contribution in [2.24, 2.45) is 5.73 Å². The smallest absolute Gasteiger partial charge is 0.335 e. The van der Waals surface area contributed by atoms with Crippen molar-refractivity contribution in [2.45, 2.75) is 37.1 Å². The fourth-order valence-electron chi connectivity index (χ4n) is 2.88. The summed E-state index contributed by atoms with van der Waals surface area (Å²) in [5, 5.41) is 39.4. The fraction of sp³-hybridized carbons (Fsp3) is 0.438. The Morgan fingerprint density at radius 2 is 2.00 bits per heavy atom.